The van der Waals surface area contributed by atoms with E-state index in [0.717, 1.165) is 172 Å². The van der Waals surface area contributed by atoms with Gasteiger partial charge in [-0.15, -0.1) is 34.0 Å². The lowest BCUT2D eigenvalue weighted by molar-refractivity contribution is 0.667. The van der Waals surface area contributed by atoms with Gasteiger partial charge in [0.15, 0.2) is 57.8 Å². The molecule has 0 atom stereocenters. The topological polar surface area (TPSA) is 155 Å². The standard InChI is InChI=1S/C98H54N10O2S3/c1-5-23-55(24-6-1)59-31-17-33-62(51-59)95-104-96(108-98(107-95)71-40-22-46-79-82(71)69-37-19-41-72(89(69)112-79)85-87-83(66-35-13-15-43-75(66)109-87)99-91(101-85)56-25-7-2-8-26-56)63-34-18-32-60(52-63)61-48-50-77-74(53-61)65-49-47-64(54-80(65)111-77)94-100-84-67-36-14-16-44-76(67)110-88(84)86(102-94)73-42-20-38-68-81-70(39-21-45-78(81)113-90(68)73)97-105-92(57-27-9-3-10-28-57)103-93(106-97)58-29-11-4-12-30-58/h1-54H. The molecule has 0 aliphatic carbocycles. The Balaban J connectivity index is 0.625. The summed E-state index contributed by atoms with van der Waals surface area (Å²) >= 11 is 5.22. The number of aromatic nitrogens is 10. The van der Waals surface area contributed by atoms with Gasteiger partial charge in [0, 0.05) is 127 Å². The SMILES string of the molecule is c1ccc(-c2cccc(-c3nc(-c4cccc(-c5ccc6sc7cc(-c8nc(-c9cccc%10c9sc9cccc(-c%11nc(-c%12ccccc%12)nc(-c%12ccccc%12)n%11)c9%10)c9oc%10ccccc%10c9n8)ccc7c6c5)c4)nc(-c4cccc5sc6c(-c7nc(-c8ccccc8)nc8c7oc7ccccc78)cccc6c45)n3)c2)cc1. The van der Waals surface area contributed by atoms with Gasteiger partial charge < -0.3 is 8.83 Å². The molecule has 0 unspecified atom stereocenters. The maximum absolute atomic E-state index is 6.82. The summed E-state index contributed by atoms with van der Waals surface area (Å²) < 4.78 is 20.1. The first kappa shape index (κ1) is 64.5. The van der Waals surface area contributed by atoms with Gasteiger partial charge in [0.05, 0.1) is 0 Å². The van der Waals surface area contributed by atoms with Crippen molar-refractivity contribution in [2.75, 3.05) is 0 Å². The van der Waals surface area contributed by atoms with Crippen LogP contribution < -0.4 is 0 Å². The first-order valence-electron chi connectivity index (χ1n) is 37.2. The smallest absolute Gasteiger partial charge is 0.180 e. The van der Waals surface area contributed by atoms with Gasteiger partial charge in [-0.2, -0.15) is 0 Å². The zero-order valence-electron chi connectivity index (χ0n) is 59.7. The molecule has 0 spiro atoms. The van der Waals surface area contributed by atoms with Crippen molar-refractivity contribution >= 4 is 139 Å². The van der Waals surface area contributed by atoms with Gasteiger partial charge in [-0.3, -0.25) is 0 Å². The van der Waals surface area contributed by atoms with Crippen LogP contribution in [0.3, 0.4) is 0 Å². The van der Waals surface area contributed by atoms with Gasteiger partial charge in [-0.05, 0) is 89.0 Å². The van der Waals surface area contributed by atoms with Crippen LogP contribution in [0.4, 0.5) is 0 Å². The summed E-state index contributed by atoms with van der Waals surface area (Å²) in [6.45, 7) is 0. The molecule has 14 aromatic carbocycles. The predicted octanol–water partition coefficient (Wildman–Crippen LogP) is 26.5. The fourth-order valence-electron chi connectivity index (χ4n) is 15.9. The number of para-hydroxylation sites is 2. The van der Waals surface area contributed by atoms with Crippen molar-refractivity contribution in [2.45, 2.75) is 0 Å². The van der Waals surface area contributed by atoms with E-state index in [1.807, 2.05) is 121 Å². The molecule has 526 valence electrons. The van der Waals surface area contributed by atoms with Gasteiger partial charge in [0.25, 0.3) is 0 Å². The Morgan fingerprint density at radius 3 is 1.07 bits per heavy atom. The summed E-state index contributed by atoms with van der Waals surface area (Å²) in [6.07, 6.45) is 0. The third-order valence-electron chi connectivity index (χ3n) is 21.3. The average Bonchev–Trinajstić information content (AvgIpc) is 1.59. The third-order valence-corrected chi connectivity index (χ3v) is 24.8. The number of fused-ring (bicyclic) bond motifs is 15. The van der Waals surface area contributed by atoms with E-state index in [-0.39, 0.29) is 0 Å². The number of nitrogens with zero attached hydrogens (tertiary/aromatic N) is 10. The summed E-state index contributed by atoms with van der Waals surface area (Å²) in [6, 6.07) is 113. The van der Waals surface area contributed by atoms with Crippen molar-refractivity contribution in [3.05, 3.63) is 328 Å². The van der Waals surface area contributed by atoms with Crippen LogP contribution in [0.1, 0.15) is 0 Å². The van der Waals surface area contributed by atoms with Crippen molar-refractivity contribution in [1.29, 1.82) is 0 Å². The van der Waals surface area contributed by atoms with Crippen molar-refractivity contribution in [3.63, 3.8) is 0 Å². The Hall–Kier alpha value is -14.5. The molecule has 0 radical (unpaired) electrons. The van der Waals surface area contributed by atoms with Crippen LogP contribution in [0, 0.1) is 0 Å². The minimum atomic E-state index is 0.554. The first-order chi connectivity index (χ1) is 55.9. The van der Waals surface area contributed by atoms with Crippen LogP contribution in [0.15, 0.2) is 336 Å². The molecule has 0 amide bonds. The van der Waals surface area contributed by atoms with E-state index < -0.39 is 0 Å². The number of furan rings is 2. The number of benzene rings is 14. The summed E-state index contributed by atoms with van der Waals surface area (Å²) in [5.74, 6) is 4.73. The summed E-state index contributed by atoms with van der Waals surface area (Å²) in [5, 5.41) is 8.38. The maximum Gasteiger partial charge on any atom is 0.180 e. The normalized spacial score (nSPS) is 11.9. The molecular formula is C98H54N10O2S3. The number of rotatable bonds is 12. The number of thiophene rings is 3. The lowest BCUT2D eigenvalue weighted by Gasteiger charge is -2.11. The Labute approximate surface area is 656 Å². The molecule has 9 heterocycles. The van der Waals surface area contributed by atoms with E-state index >= 15 is 0 Å². The Kier molecular flexibility index (Phi) is 14.9. The van der Waals surface area contributed by atoms with Crippen molar-refractivity contribution in [2.24, 2.45) is 0 Å². The van der Waals surface area contributed by atoms with Gasteiger partial charge in [0.2, 0.25) is 0 Å². The average molecular weight is 1500 g/mol. The molecule has 0 bridgehead atoms. The molecule has 9 aromatic heterocycles. The van der Waals surface area contributed by atoms with Gasteiger partial charge in [-0.25, -0.2) is 49.8 Å². The van der Waals surface area contributed by atoms with Gasteiger partial charge in [-0.1, -0.05) is 261 Å². The van der Waals surface area contributed by atoms with Crippen LogP contribution in [0.2, 0.25) is 0 Å². The molecule has 23 aromatic rings. The monoisotopic (exact) mass is 1500 g/mol. The molecule has 23 rings (SSSR count). The third kappa shape index (κ3) is 10.9. The number of hydrogen-bond donors (Lipinski definition) is 0. The Bertz CT molecular complexity index is 7770. The highest BCUT2D eigenvalue weighted by Crippen LogP contribution is 2.50. The lowest BCUT2D eigenvalue weighted by Crippen LogP contribution is -2.00. The van der Waals surface area contributed by atoms with Crippen molar-refractivity contribution < 1.29 is 8.83 Å². The molecule has 12 nitrogen and oxygen atoms in total. The predicted molar refractivity (Wildman–Crippen MR) is 463 cm³/mol. The van der Waals surface area contributed by atoms with Crippen LogP contribution in [-0.2, 0) is 0 Å². The van der Waals surface area contributed by atoms with Crippen molar-refractivity contribution in [3.8, 4) is 136 Å². The zero-order valence-corrected chi connectivity index (χ0v) is 62.1. The molecule has 0 aliphatic heterocycles. The molecule has 0 fully saturated rings. The van der Waals surface area contributed by atoms with E-state index in [9.17, 15) is 0 Å². The molecule has 0 saturated heterocycles. The second kappa shape index (κ2) is 26.1. The Morgan fingerprint density at radius 1 is 0.195 bits per heavy atom. The second-order valence-electron chi connectivity index (χ2n) is 28.0. The highest BCUT2D eigenvalue weighted by atomic mass is 32.1. The minimum absolute atomic E-state index is 0.554. The molecule has 0 N–H and O–H groups in total. The largest absolute Gasteiger partial charge is 0.452 e. The van der Waals surface area contributed by atoms with Crippen LogP contribution >= 0.6 is 34.0 Å². The van der Waals surface area contributed by atoms with E-state index in [2.05, 4.69) is 206 Å². The van der Waals surface area contributed by atoms with E-state index in [1.165, 1.54) is 4.70 Å². The van der Waals surface area contributed by atoms with E-state index in [4.69, 9.17) is 58.7 Å². The van der Waals surface area contributed by atoms with Crippen LogP contribution in [0.25, 0.3) is 241 Å². The molecule has 15 heteroatoms. The fraction of sp³-hybridized carbons (Fsp3) is 0. The van der Waals surface area contributed by atoms with Crippen LogP contribution in [0.5, 0.6) is 0 Å². The zero-order chi connectivity index (χ0) is 74.2. The summed E-state index contributed by atoms with van der Waals surface area (Å²) in [4.78, 5) is 53.2. The van der Waals surface area contributed by atoms with Gasteiger partial charge in [0.1, 0.15) is 33.6 Å². The minimum Gasteiger partial charge on any atom is -0.452 e. The summed E-state index contributed by atoms with van der Waals surface area (Å²) in [5.41, 5.74) is 19.1. The number of hydrogen-bond acceptors (Lipinski definition) is 15. The van der Waals surface area contributed by atoms with Crippen molar-refractivity contribution in [1.82, 2.24) is 49.8 Å². The highest BCUT2D eigenvalue weighted by molar-refractivity contribution is 7.27. The van der Waals surface area contributed by atoms with E-state index in [0.29, 0.717) is 63.5 Å². The Morgan fingerprint density at radius 2 is 0.558 bits per heavy atom. The fourth-order valence-corrected chi connectivity index (χ4v) is 19.5. The van der Waals surface area contributed by atoms with E-state index in [1.54, 1.807) is 34.0 Å². The molecule has 113 heavy (non-hydrogen) atoms. The molecule has 0 saturated carbocycles. The first-order valence-corrected chi connectivity index (χ1v) is 39.6. The highest BCUT2D eigenvalue weighted by Gasteiger charge is 2.27. The summed E-state index contributed by atoms with van der Waals surface area (Å²) in [7, 11) is 0. The quantitative estimate of drug-likeness (QED) is 0.114. The molecule has 0 aliphatic rings. The second-order valence-corrected chi connectivity index (χ2v) is 31.2. The maximum atomic E-state index is 6.82. The van der Waals surface area contributed by atoms with Crippen LogP contribution in [-0.4, -0.2) is 49.8 Å². The molecular weight excluding hydrogens is 1450 g/mol. The van der Waals surface area contributed by atoms with Gasteiger partial charge >= 0.3 is 0 Å². The lowest BCUT2D eigenvalue weighted by atomic mass is 10.00.